The van der Waals surface area contributed by atoms with Crippen molar-refractivity contribution in [1.29, 1.82) is 0 Å². The van der Waals surface area contributed by atoms with Crippen molar-refractivity contribution in [3.63, 3.8) is 0 Å². The Labute approximate surface area is 131 Å². The lowest BCUT2D eigenvalue weighted by Gasteiger charge is -2.11. The van der Waals surface area contributed by atoms with Gasteiger partial charge in [0.2, 0.25) is 0 Å². The zero-order valence-electron chi connectivity index (χ0n) is 11.2. The van der Waals surface area contributed by atoms with Crippen LogP contribution in [0.2, 0.25) is 5.02 Å². The monoisotopic (exact) mass is 317 g/mol. The lowest BCUT2D eigenvalue weighted by Crippen LogP contribution is -1.99. The van der Waals surface area contributed by atoms with Crippen molar-refractivity contribution in [3.8, 4) is 22.8 Å². The van der Waals surface area contributed by atoms with Crippen molar-refractivity contribution in [2.45, 2.75) is 6.92 Å². The van der Waals surface area contributed by atoms with E-state index in [0.29, 0.717) is 21.2 Å². The Morgan fingerprint density at radius 3 is 2.71 bits per heavy atom. The molecule has 1 aromatic heterocycles. The van der Waals surface area contributed by atoms with Gasteiger partial charge < -0.3 is 5.11 Å². The first kappa shape index (κ1) is 13.9. The van der Waals surface area contributed by atoms with Crippen LogP contribution >= 0.6 is 23.8 Å². The van der Waals surface area contributed by atoms with E-state index in [1.165, 1.54) is 0 Å². The molecule has 0 unspecified atom stereocenters. The third-order valence-electron chi connectivity index (χ3n) is 3.23. The summed E-state index contributed by atoms with van der Waals surface area (Å²) in [4.78, 5) is 0. The second-order valence-corrected chi connectivity index (χ2v) is 5.38. The van der Waals surface area contributed by atoms with Gasteiger partial charge in [-0.05, 0) is 42.9 Å². The van der Waals surface area contributed by atoms with Crippen LogP contribution < -0.4 is 0 Å². The molecule has 0 bridgehead atoms. The molecule has 0 atom stereocenters. The van der Waals surface area contributed by atoms with Gasteiger partial charge in [-0.3, -0.25) is 9.67 Å². The average Bonchev–Trinajstić information content (AvgIpc) is 2.84. The number of hydrogen-bond donors (Lipinski definition) is 2. The molecule has 0 radical (unpaired) electrons. The molecule has 106 valence electrons. The third-order valence-corrected chi connectivity index (χ3v) is 4.00. The number of phenols is 1. The number of phenolic OH excluding ortho intramolecular Hbond substituents is 1. The van der Waals surface area contributed by atoms with Gasteiger partial charge in [-0.15, -0.1) is 0 Å². The topological polar surface area (TPSA) is 53.8 Å². The molecule has 0 saturated carbocycles. The lowest BCUT2D eigenvalue weighted by molar-refractivity contribution is 0.476. The van der Waals surface area contributed by atoms with Gasteiger partial charge in [-0.1, -0.05) is 35.9 Å². The molecular formula is C15H12ClN3OS. The highest BCUT2D eigenvalue weighted by Crippen LogP contribution is 2.32. The summed E-state index contributed by atoms with van der Waals surface area (Å²) < 4.78 is 2.14. The Morgan fingerprint density at radius 2 is 1.95 bits per heavy atom. The molecule has 0 amide bonds. The first-order chi connectivity index (χ1) is 10.1. The smallest absolute Gasteiger partial charge is 0.200 e. The number of aromatic hydroxyl groups is 1. The number of aromatic nitrogens is 3. The van der Waals surface area contributed by atoms with Crippen molar-refractivity contribution in [3.05, 3.63) is 57.8 Å². The number of aryl methyl sites for hydroxylation is 1. The molecule has 3 aromatic rings. The van der Waals surface area contributed by atoms with Gasteiger partial charge in [0, 0.05) is 0 Å². The first-order valence-electron chi connectivity index (χ1n) is 6.31. The molecule has 0 spiro atoms. The minimum Gasteiger partial charge on any atom is -0.507 e. The molecule has 4 nitrogen and oxygen atoms in total. The Kier molecular flexibility index (Phi) is 3.53. The average molecular weight is 318 g/mol. The summed E-state index contributed by atoms with van der Waals surface area (Å²) in [5.41, 5.74) is 2.26. The van der Waals surface area contributed by atoms with Gasteiger partial charge in [0.25, 0.3) is 0 Å². The number of aromatic amines is 1. The Morgan fingerprint density at radius 1 is 1.19 bits per heavy atom. The van der Waals surface area contributed by atoms with E-state index in [1.807, 2.05) is 31.2 Å². The molecule has 6 heteroatoms. The minimum atomic E-state index is 0.136. The Bertz CT molecular complexity index is 869. The van der Waals surface area contributed by atoms with Gasteiger partial charge in [-0.25, -0.2) is 0 Å². The summed E-state index contributed by atoms with van der Waals surface area (Å²) in [6.07, 6.45) is 0. The second-order valence-electron chi connectivity index (χ2n) is 4.61. The Hall–Kier alpha value is -2.11. The van der Waals surface area contributed by atoms with E-state index in [4.69, 9.17) is 23.8 Å². The fourth-order valence-electron chi connectivity index (χ4n) is 2.17. The van der Waals surface area contributed by atoms with Crippen molar-refractivity contribution in [2.75, 3.05) is 0 Å². The van der Waals surface area contributed by atoms with Crippen LogP contribution in [-0.2, 0) is 0 Å². The van der Waals surface area contributed by atoms with Crippen molar-refractivity contribution in [2.24, 2.45) is 0 Å². The van der Waals surface area contributed by atoms with Gasteiger partial charge >= 0.3 is 0 Å². The maximum Gasteiger partial charge on any atom is 0.200 e. The molecule has 0 aliphatic rings. The number of nitrogens with one attached hydrogen (secondary N) is 1. The van der Waals surface area contributed by atoms with E-state index in [2.05, 4.69) is 10.2 Å². The summed E-state index contributed by atoms with van der Waals surface area (Å²) in [5.74, 6) is 0.655. The summed E-state index contributed by atoms with van der Waals surface area (Å²) in [5, 5.41) is 17.6. The highest BCUT2D eigenvalue weighted by atomic mass is 35.5. The molecular weight excluding hydrogens is 306 g/mol. The van der Waals surface area contributed by atoms with Crippen LogP contribution in [0.3, 0.4) is 0 Å². The fourth-order valence-corrected chi connectivity index (χ4v) is 2.61. The highest BCUT2D eigenvalue weighted by Gasteiger charge is 2.16. The lowest BCUT2D eigenvalue weighted by atomic mass is 10.1. The zero-order chi connectivity index (χ0) is 15.0. The number of hydrogen-bond acceptors (Lipinski definition) is 3. The SMILES string of the molecule is Cc1cccc(-n2c(-c3ccccc3O)n[nH]c2=S)c1Cl. The largest absolute Gasteiger partial charge is 0.507 e. The second kappa shape index (κ2) is 5.35. The van der Waals surface area contributed by atoms with Gasteiger partial charge in [0.15, 0.2) is 10.6 Å². The van der Waals surface area contributed by atoms with E-state index in [1.54, 1.807) is 22.8 Å². The summed E-state index contributed by atoms with van der Waals surface area (Å²) >= 11 is 11.7. The van der Waals surface area contributed by atoms with Crippen molar-refractivity contribution >= 4 is 23.8 Å². The van der Waals surface area contributed by atoms with Crippen molar-refractivity contribution in [1.82, 2.24) is 14.8 Å². The molecule has 3 rings (SSSR count). The molecule has 0 aliphatic heterocycles. The van der Waals surface area contributed by atoms with Crippen LogP contribution in [0.25, 0.3) is 17.1 Å². The molecule has 2 aromatic carbocycles. The molecule has 0 aliphatic carbocycles. The van der Waals surface area contributed by atoms with E-state index in [0.717, 1.165) is 11.3 Å². The van der Waals surface area contributed by atoms with Crippen LogP contribution in [0.1, 0.15) is 5.56 Å². The first-order valence-corrected chi connectivity index (χ1v) is 7.09. The number of H-pyrrole nitrogens is 1. The quantitative estimate of drug-likeness (QED) is 0.694. The van der Waals surface area contributed by atoms with E-state index in [9.17, 15) is 5.11 Å². The van der Waals surface area contributed by atoms with Gasteiger partial charge in [0.1, 0.15) is 5.75 Å². The maximum atomic E-state index is 10.0. The number of rotatable bonds is 2. The van der Waals surface area contributed by atoms with Crippen LogP contribution in [0.4, 0.5) is 0 Å². The van der Waals surface area contributed by atoms with Crippen LogP contribution in [0.5, 0.6) is 5.75 Å². The molecule has 21 heavy (non-hydrogen) atoms. The van der Waals surface area contributed by atoms with E-state index < -0.39 is 0 Å². The van der Waals surface area contributed by atoms with Crippen molar-refractivity contribution < 1.29 is 5.11 Å². The van der Waals surface area contributed by atoms with Crippen LogP contribution in [0, 0.1) is 11.7 Å². The highest BCUT2D eigenvalue weighted by molar-refractivity contribution is 7.71. The Balaban J connectivity index is 2.31. The van der Waals surface area contributed by atoms with Gasteiger partial charge in [0.05, 0.1) is 16.3 Å². The normalized spacial score (nSPS) is 10.8. The van der Waals surface area contributed by atoms with Gasteiger partial charge in [-0.2, -0.15) is 5.10 Å². The maximum absolute atomic E-state index is 10.0. The van der Waals surface area contributed by atoms with E-state index in [-0.39, 0.29) is 5.75 Å². The number of para-hydroxylation sites is 1. The van der Waals surface area contributed by atoms with Crippen LogP contribution in [-0.4, -0.2) is 19.9 Å². The number of halogens is 1. The molecule has 1 heterocycles. The summed E-state index contributed by atoms with van der Waals surface area (Å²) in [7, 11) is 0. The summed E-state index contributed by atoms with van der Waals surface area (Å²) in [6.45, 7) is 1.93. The minimum absolute atomic E-state index is 0.136. The molecule has 0 fully saturated rings. The number of nitrogens with zero attached hydrogens (tertiary/aromatic N) is 2. The standard InChI is InChI=1S/C15H12ClN3OS/c1-9-5-4-7-11(13(9)16)19-14(17-18-15(19)21)10-6-2-3-8-12(10)20/h2-8,20H,1H3,(H,18,21). The molecule has 0 saturated heterocycles. The van der Waals surface area contributed by atoms with E-state index >= 15 is 0 Å². The molecule has 2 N–H and O–H groups in total. The van der Waals surface area contributed by atoms with Crippen LogP contribution in [0.15, 0.2) is 42.5 Å². The third kappa shape index (κ3) is 2.34. The predicted molar refractivity (Wildman–Crippen MR) is 85.6 cm³/mol. The summed E-state index contributed by atoms with van der Waals surface area (Å²) in [6, 6.07) is 12.7. The fraction of sp³-hybridized carbons (Fsp3) is 0.0667. The number of benzene rings is 2. The zero-order valence-corrected chi connectivity index (χ0v) is 12.7. The predicted octanol–water partition coefficient (Wildman–Crippen LogP) is 4.26.